The highest BCUT2D eigenvalue weighted by atomic mass is 19.4. The molecule has 0 atom stereocenters. The van der Waals surface area contributed by atoms with Gasteiger partial charge in [0, 0.05) is 11.3 Å². The Morgan fingerprint density at radius 1 is 0.960 bits per heavy atom. The molecule has 0 saturated heterocycles. The van der Waals surface area contributed by atoms with Crippen LogP contribution in [0.4, 0.5) is 13.2 Å². The van der Waals surface area contributed by atoms with Gasteiger partial charge in [0.05, 0.1) is 29.2 Å². The van der Waals surface area contributed by atoms with E-state index in [0.717, 1.165) is 28.7 Å². The summed E-state index contributed by atoms with van der Waals surface area (Å²) in [6.07, 6.45) is -4.37. The first-order valence-electron chi connectivity index (χ1n) is 7.94. The number of hydrogen-bond acceptors (Lipinski definition) is 1. The van der Waals surface area contributed by atoms with Crippen molar-refractivity contribution in [3.05, 3.63) is 88.7 Å². The molecule has 1 aliphatic rings. The summed E-state index contributed by atoms with van der Waals surface area (Å²) in [7, 11) is 0. The summed E-state index contributed by atoms with van der Waals surface area (Å²) in [6.45, 7) is 2.41. The van der Waals surface area contributed by atoms with Crippen LogP contribution < -0.4 is 0 Å². The van der Waals surface area contributed by atoms with E-state index in [-0.39, 0.29) is 0 Å². The second-order valence-corrected chi connectivity index (χ2v) is 6.07. The molecule has 0 radical (unpaired) electrons. The van der Waals surface area contributed by atoms with Crippen LogP contribution >= 0.6 is 0 Å². The first-order valence-corrected chi connectivity index (χ1v) is 7.94. The molecule has 0 fully saturated rings. The lowest BCUT2D eigenvalue weighted by molar-refractivity contribution is -0.137. The van der Waals surface area contributed by atoms with E-state index < -0.39 is 11.7 Å². The SMILES string of the molecule is Cc1ccc2n1-c1ccccc1CN=C2c1cccc(C(F)(F)F)c1. The van der Waals surface area contributed by atoms with Crippen LogP contribution in [0.5, 0.6) is 0 Å². The molecule has 0 spiro atoms. The molecule has 0 unspecified atom stereocenters. The van der Waals surface area contributed by atoms with E-state index in [9.17, 15) is 13.2 Å². The van der Waals surface area contributed by atoms with Crippen molar-refractivity contribution < 1.29 is 13.2 Å². The number of para-hydroxylation sites is 1. The average Bonchev–Trinajstić information content (AvgIpc) is 2.87. The van der Waals surface area contributed by atoms with Gasteiger partial charge in [-0.05, 0) is 42.8 Å². The lowest BCUT2D eigenvalue weighted by Crippen LogP contribution is -2.12. The summed E-state index contributed by atoms with van der Waals surface area (Å²) in [5.74, 6) is 0. The standard InChI is InChI=1S/C20H15F3N2/c1-13-9-10-18-19(14-6-4-7-16(11-14)20(21,22)23)24-12-15-5-2-3-8-17(15)25(13)18/h2-11H,12H2,1H3. The van der Waals surface area contributed by atoms with Gasteiger partial charge in [-0.15, -0.1) is 0 Å². The molecule has 2 heterocycles. The van der Waals surface area contributed by atoms with Crippen LogP contribution in [0, 0.1) is 6.92 Å². The Bertz CT molecular complexity index is 981. The van der Waals surface area contributed by atoms with Crippen molar-refractivity contribution in [2.75, 3.05) is 0 Å². The summed E-state index contributed by atoms with van der Waals surface area (Å²) < 4.78 is 41.3. The monoisotopic (exact) mass is 340 g/mol. The van der Waals surface area contributed by atoms with Crippen LogP contribution in [0.15, 0.2) is 65.7 Å². The maximum atomic E-state index is 13.1. The van der Waals surface area contributed by atoms with Crippen molar-refractivity contribution in [1.29, 1.82) is 0 Å². The van der Waals surface area contributed by atoms with E-state index in [4.69, 9.17) is 0 Å². The quantitative estimate of drug-likeness (QED) is 0.582. The Balaban J connectivity index is 1.92. The average molecular weight is 340 g/mol. The Hall–Kier alpha value is -2.82. The van der Waals surface area contributed by atoms with Gasteiger partial charge in [-0.25, -0.2) is 0 Å². The van der Waals surface area contributed by atoms with Crippen LogP contribution in [-0.4, -0.2) is 10.3 Å². The molecule has 1 aromatic heterocycles. The fourth-order valence-electron chi connectivity index (χ4n) is 3.23. The number of fused-ring (bicyclic) bond motifs is 3. The van der Waals surface area contributed by atoms with Crippen LogP contribution in [0.1, 0.15) is 28.1 Å². The number of halogens is 3. The molecule has 0 amide bonds. The Morgan fingerprint density at radius 2 is 1.76 bits per heavy atom. The first kappa shape index (κ1) is 15.7. The molecule has 126 valence electrons. The van der Waals surface area contributed by atoms with Gasteiger partial charge in [0.25, 0.3) is 0 Å². The molecule has 4 rings (SSSR count). The first-order chi connectivity index (χ1) is 11.9. The highest BCUT2D eigenvalue weighted by Crippen LogP contribution is 2.32. The molecule has 2 aromatic carbocycles. The fraction of sp³-hybridized carbons (Fsp3) is 0.150. The zero-order valence-corrected chi connectivity index (χ0v) is 13.5. The van der Waals surface area contributed by atoms with Gasteiger partial charge in [-0.3, -0.25) is 4.99 Å². The Labute approximate surface area is 143 Å². The molecule has 0 bridgehead atoms. The van der Waals surface area contributed by atoms with Gasteiger partial charge in [-0.2, -0.15) is 13.2 Å². The van der Waals surface area contributed by atoms with Crippen LogP contribution in [0.2, 0.25) is 0 Å². The second kappa shape index (κ2) is 5.62. The summed E-state index contributed by atoms with van der Waals surface area (Å²) in [4.78, 5) is 4.64. The molecular weight excluding hydrogens is 325 g/mol. The number of benzene rings is 2. The minimum absolute atomic E-state index is 0.433. The van der Waals surface area contributed by atoms with E-state index in [1.165, 1.54) is 12.1 Å². The van der Waals surface area contributed by atoms with Gasteiger partial charge in [0.2, 0.25) is 0 Å². The molecule has 3 aromatic rings. The molecule has 1 aliphatic heterocycles. The number of hydrogen-bond donors (Lipinski definition) is 0. The number of rotatable bonds is 1. The molecule has 25 heavy (non-hydrogen) atoms. The van der Waals surface area contributed by atoms with Gasteiger partial charge in [0.1, 0.15) is 0 Å². The topological polar surface area (TPSA) is 17.3 Å². The van der Waals surface area contributed by atoms with Gasteiger partial charge < -0.3 is 4.57 Å². The number of nitrogens with zero attached hydrogens (tertiary/aromatic N) is 2. The third-order valence-corrected chi connectivity index (χ3v) is 4.42. The summed E-state index contributed by atoms with van der Waals surface area (Å²) in [6, 6.07) is 17.1. The molecule has 2 nitrogen and oxygen atoms in total. The Kier molecular flexibility index (Phi) is 3.53. The number of aryl methyl sites for hydroxylation is 1. The maximum Gasteiger partial charge on any atom is 0.416 e. The van der Waals surface area contributed by atoms with Crippen molar-refractivity contribution in [2.45, 2.75) is 19.6 Å². The predicted octanol–water partition coefficient (Wildman–Crippen LogP) is 5.16. The lowest BCUT2D eigenvalue weighted by atomic mass is 10.0. The molecule has 0 saturated carbocycles. The minimum Gasteiger partial charge on any atom is -0.312 e. The molecular formula is C20H15F3N2. The van der Waals surface area contributed by atoms with Crippen LogP contribution in [0.3, 0.4) is 0 Å². The minimum atomic E-state index is -4.37. The summed E-state index contributed by atoms with van der Waals surface area (Å²) in [5.41, 5.74) is 4.28. The zero-order valence-electron chi connectivity index (χ0n) is 13.5. The fourth-order valence-corrected chi connectivity index (χ4v) is 3.23. The van der Waals surface area contributed by atoms with E-state index in [1.54, 1.807) is 6.07 Å². The van der Waals surface area contributed by atoms with Crippen molar-refractivity contribution >= 4 is 5.71 Å². The highest BCUT2D eigenvalue weighted by Gasteiger charge is 2.31. The van der Waals surface area contributed by atoms with Crippen molar-refractivity contribution in [2.24, 2.45) is 4.99 Å². The number of aromatic nitrogens is 1. The van der Waals surface area contributed by atoms with Crippen molar-refractivity contribution in [3.8, 4) is 5.69 Å². The molecule has 0 aliphatic carbocycles. The largest absolute Gasteiger partial charge is 0.416 e. The third kappa shape index (κ3) is 2.65. The van der Waals surface area contributed by atoms with Gasteiger partial charge in [0.15, 0.2) is 0 Å². The molecule has 0 N–H and O–H groups in total. The van der Waals surface area contributed by atoms with Crippen molar-refractivity contribution in [1.82, 2.24) is 4.57 Å². The number of alkyl halides is 3. The Morgan fingerprint density at radius 3 is 2.56 bits per heavy atom. The van der Waals surface area contributed by atoms with E-state index in [1.807, 2.05) is 43.3 Å². The van der Waals surface area contributed by atoms with E-state index >= 15 is 0 Å². The van der Waals surface area contributed by atoms with Crippen LogP contribution in [0.25, 0.3) is 5.69 Å². The highest BCUT2D eigenvalue weighted by molar-refractivity contribution is 6.12. The van der Waals surface area contributed by atoms with Crippen LogP contribution in [-0.2, 0) is 12.7 Å². The smallest absolute Gasteiger partial charge is 0.312 e. The predicted molar refractivity (Wildman–Crippen MR) is 91.3 cm³/mol. The molecule has 5 heteroatoms. The zero-order chi connectivity index (χ0) is 17.6. The van der Waals surface area contributed by atoms with Crippen molar-refractivity contribution in [3.63, 3.8) is 0 Å². The van der Waals surface area contributed by atoms with E-state index in [0.29, 0.717) is 17.8 Å². The van der Waals surface area contributed by atoms with Gasteiger partial charge >= 0.3 is 6.18 Å². The summed E-state index contributed by atoms with van der Waals surface area (Å²) in [5, 5.41) is 0. The number of aliphatic imine (C=N–C) groups is 1. The summed E-state index contributed by atoms with van der Waals surface area (Å²) >= 11 is 0. The maximum absolute atomic E-state index is 13.1. The second-order valence-electron chi connectivity index (χ2n) is 6.07. The normalized spacial score (nSPS) is 13.7. The van der Waals surface area contributed by atoms with Gasteiger partial charge in [-0.1, -0.05) is 30.3 Å². The van der Waals surface area contributed by atoms with E-state index in [2.05, 4.69) is 9.56 Å². The lowest BCUT2D eigenvalue weighted by Gasteiger charge is -2.14. The third-order valence-electron chi connectivity index (χ3n) is 4.42.